The van der Waals surface area contributed by atoms with Gasteiger partial charge in [-0.1, -0.05) is 0 Å². The van der Waals surface area contributed by atoms with Gasteiger partial charge in [0, 0.05) is 28.9 Å². The van der Waals surface area contributed by atoms with Gasteiger partial charge in [0.2, 0.25) is 0 Å². The summed E-state index contributed by atoms with van der Waals surface area (Å²) in [4.78, 5) is 0. The molecule has 0 N–H and O–H groups in total. The number of rotatable bonds is 3. The minimum absolute atomic E-state index is 0.303. The molecule has 0 amide bonds. The van der Waals surface area contributed by atoms with Crippen LogP contribution in [0.2, 0.25) is 0 Å². The van der Waals surface area contributed by atoms with E-state index in [1.807, 2.05) is 0 Å². The summed E-state index contributed by atoms with van der Waals surface area (Å²) in [7, 11) is 1.03. The van der Waals surface area contributed by atoms with Crippen LogP contribution in [0, 0.1) is 17.5 Å². The SMILES string of the molecule is O=S(=O)(Cl)c1nnc(-c2c(F)cc(F)cc2F)n1C1CC1. The lowest BCUT2D eigenvalue weighted by Crippen LogP contribution is -2.07. The zero-order valence-electron chi connectivity index (χ0n) is 10.2. The molecule has 5 nitrogen and oxygen atoms in total. The summed E-state index contributed by atoms with van der Waals surface area (Å²) < 4.78 is 64.6. The monoisotopic (exact) mass is 337 g/mol. The molecular formula is C11H7ClF3N3O2S. The van der Waals surface area contributed by atoms with Gasteiger partial charge >= 0.3 is 0 Å². The van der Waals surface area contributed by atoms with Gasteiger partial charge in [-0.25, -0.2) is 21.6 Å². The first-order chi connectivity index (χ1) is 9.79. The molecule has 3 rings (SSSR count). The zero-order valence-corrected chi connectivity index (χ0v) is 11.8. The molecule has 1 fully saturated rings. The van der Waals surface area contributed by atoms with E-state index in [-0.39, 0.29) is 11.9 Å². The molecule has 1 aromatic carbocycles. The van der Waals surface area contributed by atoms with Gasteiger partial charge in [-0.05, 0) is 12.8 Å². The molecule has 1 heterocycles. The van der Waals surface area contributed by atoms with Gasteiger partial charge in [0.15, 0.2) is 5.82 Å². The Kier molecular flexibility index (Phi) is 3.21. The van der Waals surface area contributed by atoms with Crippen LogP contribution in [0.25, 0.3) is 11.4 Å². The molecule has 21 heavy (non-hydrogen) atoms. The maximum absolute atomic E-state index is 13.8. The second kappa shape index (κ2) is 4.70. The van der Waals surface area contributed by atoms with Gasteiger partial charge in [-0.2, -0.15) is 0 Å². The van der Waals surface area contributed by atoms with E-state index in [2.05, 4.69) is 10.2 Å². The molecule has 0 bridgehead atoms. The van der Waals surface area contributed by atoms with Crippen molar-refractivity contribution in [2.24, 2.45) is 0 Å². The first kappa shape index (κ1) is 14.3. The number of nitrogens with zero attached hydrogens (tertiary/aromatic N) is 3. The van der Waals surface area contributed by atoms with Crippen molar-refractivity contribution >= 4 is 19.7 Å². The second-order valence-electron chi connectivity index (χ2n) is 4.59. The number of benzene rings is 1. The Hall–Kier alpha value is -1.61. The van der Waals surface area contributed by atoms with E-state index in [0.717, 1.165) is 4.57 Å². The molecule has 0 atom stereocenters. The lowest BCUT2D eigenvalue weighted by Gasteiger charge is -2.09. The highest BCUT2D eigenvalue weighted by Crippen LogP contribution is 2.41. The summed E-state index contributed by atoms with van der Waals surface area (Å²) in [6, 6.07) is 0.667. The van der Waals surface area contributed by atoms with Crippen molar-refractivity contribution in [2.45, 2.75) is 24.0 Å². The predicted molar refractivity (Wildman–Crippen MR) is 66.6 cm³/mol. The van der Waals surface area contributed by atoms with Crippen molar-refractivity contribution in [3.63, 3.8) is 0 Å². The smallest absolute Gasteiger partial charge is 0.294 e. The van der Waals surface area contributed by atoms with Gasteiger partial charge in [0.25, 0.3) is 14.2 Å². The third-order valence-corrected chi connectivity index (χ3v) is 4.15. The third-order valence-electron chi connectivity index (χ3n) is 3.03. The lowest BCUT2D eigenvalue weighted by molar-refractivity contribution is 0.542. The fourth-order valence-corrected chi connectivity index (χ4v) is 2.96. The molecule has 1 aliphatic carbocycles. The van der Waals surface area contributed by atoms with Crippen LogP contribution in [-0.4, -0.2) is 23.2 Å². The van der Waals surface area contributed by atoms with E-state index in [9.17, 15) is 21.6 Å². The maximum atomic E-state index is 13.8. The predicted octanol–water partition coefficient (Wildman–Crippen LogP) is 2.62. The van der Waals surface area contributed by atoms with Crippen LogP contribution in [-0.2, 0) is 9.05 Å². The van der Waals surface area contributed by atoms with Crippen LogP contribution in [0.4, 0.5) is 13.2 Å². The van der Waals surface area contributed by atoms with Crippen molar-refractivity contribution in [3.05, 3.63) is 29.6 Å². The number of aromatic nitrogens is 3. The Morgan fingerprint density at radius 1 is 1.14 bits per heavy atom. The maximum Gasteiger partial charge on any atom is 0.296 e. The summed E-state index contributed by atoms with van der Waals surface area (Å²) >= 11 is 0. The largest absolute Gasteiger partial charge is 0.296 e. The van der Waals surface area contributed by atoms with E-state index in [1.54, 1.807) is 0 Å². The molecule has 0 saturated heterocycles. The minimum Gasteiger partial charge on any atom is -0.294 e. The van der Waals surface area contributed by atoms with E-state index >= 15 is 0 Å². The van der Waals surface area contributed by atoms with Gasteiger partial charge in [-0.3, -0.25) is 4.57 Å². The van der Waals surface area contributed by atoms with Crippen molar-refractivity contribution < 1.29 is 21.6 Å². The number of hydrogen-bond acceptors (Lipinski definition) is 4. The molecule has 1 aromatic heterocycles. The van der Waals surface area contributed by atoms with Crippen molar-refractivity contribution in [1.29, 1.82) is 0 Å². The number of hydrogen-bond donors (Lipinski definition) is 0. The standard InChI is InChI=1S/C11H7ClF3N3O2S/c12-21(19,20)11-17-16-10(18(11)6-1-2-6)9-7(14)3-5(13)4-8(9)15/h3-4,6H,1-2H2. The lowest BCUT2D eigenvalue weighted by atomic mass is 10.1. The van der Waals surface area contributed by atoms with Crippen molar-refractivity contribution in [1.82, 2.24) is 14.8 Å². The average molecular weight is 338 g/mol. The quantitative estimate of drug-likeness (QED) is 0.808. The zero-order chi connectivity index (χ0) is 15.4. The second-order valence-corrected chi connectivity index (χ2v) is 7.05. The molecule has 0 spiro atoms. The fourth-order valence-electron chi connectivity index (χ4n) is 2.03. The molecule has 0 unspecified atom stereocenters. The minimum atomic E-state index is -4.22. The van der Waals surface area contributed by atoms with Gasteiger partial charge < -0.3 is 0 Å². The van der Waals surface area contributed by atoms with Crippen LogP contribution in [0.5, 0.6) is 0 Å². The highest BCUT2D eigenvalue weighted by molar-refractivity contribution is 8.13. The molecule has 1 aliphatic rings. The Balaban J connectivity index is 2.28. The first-order valence-corrected chi connectivity index (χ1v) is 8.14. The molecule has 0 radical (unpaired) electrons. The average Bonchev–Trinajstić information content (AvgIpc) is 3.07. The molecule has 0 aliphatic heterocycles. The van der Waals surface area contributed by atoms with Gasteiger partial charge in [-0.15, -0.1) is 10.2 Å². The summed E-state index contributed by atoms with van der Waals surface area (Å²) in [6.45, 7) is 0. The first-order valence-electron chi connectivity index (χ1n) is 5.83. The van der Waals surface area contributed by atoms with Crippen LogP contribution in [0.1, 0.15) is 18.9 Å². The van der Waals surface area contributed by atoms with Gasteiger partial charge in [0.1, 0.15) is 17.5 Å². The van der Waals surface area contributed by atoms with Crippen LogP contribution >= 0.6 is 10.7 Å². The molecular weight excluding hydrogens is 331 g/mol. The highest BCUT2D eigenvalue weighted by atomic mass is 35.7. The van der Waals surface area contributed by atoms with Gasteiger partial charge in [0.05, 0.1) is 5.56 Å². The topological polar surface area (TPSA) is 64.8 Å². The normalized spacial score (nSPS) is 15.4. The number of halogens is 4. The molecule has 1 saturated carbocycles. The summed E-state index contributed by atoms with van der Waals surface area (Å²) in [6.07, 6.45) is 1.21. The third kappa shape index (κ3) is 2.51. The Labute approximate surface area is 121 Å². The molecule has 2 aromatic rings. The van der Waals surface area contributed by atoms with E-state index in [0.29, 0.717) is 25.0 Å². The van der Waals surface area contributed by atoms with Crippen molar-refractivity contribution in [2.75, 3.05) is 0 Å². The van der Waals surface area contributed by atoms with Crippen LogP contribution in [0.3, 0.4) is 0 Å². The van der Waals surface area contributed by atoms with E-state index < -0.39 is 37.2 Å². The summed E-state index contributed by atoms with van der Waals surface area (Å²) in [5.74, 6) is -3.80. The van der Waals surface area contributed by atoms with E-state index in [4.69, 9.17) is 10.7 Å². The Morgan fingerprint density at radius 3 is 2.19 bits per heavy atom. The van der Waals surface area contributed by atoms with Crippen LogP contribution in [0.15, 0.2) is 17.3 Å². The Morgan fingerprint density at radius 2 is 1.71 bits per heavy atom. The molecule has 10 heteroatoms. The summed E-state index contributed by atoms with van der Waals surface area (Å²) in [5, 5.41) is 6.33. The van der Waals surface area contributed by atoms with Crippen molar-refractivity contribution in [3.8, 4) is 11.4 Å². The highest BCUT2D eigenvalue weighted by Gasteiger charge is 2.35. The molecule has 112 valence electrons. The summed E-state index contributed by atoms with van der Waals surface area (Å²) in [5.41, 5.74) is -0.637. The fraction of sp³-hybridized carbons (Fsp3) is 0.273. The van der Waals surface area contributed by atoms with Crippen LogP contribution < -0.4 is 0 Å². The Bertz CT molecular complexity index is 810. The van der Waals surface area contributed by atoms with E-state index in [1.165, 1.54) is 0 Å².